The van der Waals surface area contributed by atoms with Gasteiger partial charge in [-0.2, -0.15) is 0 Å². The first-order chi connectivity index (χ1) is 8.72. The number of hydrogen-bond donors (Lipinski definition) is 0. The maximum absolute atomic E-state index is 12.0. The Morgan fingerprint density at radius 1 is 1.39 bits per heavy atom. The van der Waals surface area contributed by atoms with Crippen molar-refractivity contribution in [2.45, 2.75) is 26.8 Å². The van der Waals surface area contributed by atoms with Gasteiger partial charge in [0.1, 0.15) is 11.4 Å². The van der Waals surface area contributed by atoms with Gasteiger partial charge < -0.3 is 5.11 Å². The number of benzene rings is 1. The van der Waals surface area contributed by atoms with Crippen LogP contribution in [0.1, 0.15) is 24.7 Å². The molecule has 1 aromatic heterocycles. The Morgan fingerprint density at radius 3 is 2.78 bits per heavy atom. The Bertz CT molecular complexity index is 545. The van der Waals surface area contributed by atoms with E-state index in [1.807, 2.05) is 25.1 Å². The zero-order valence-electron chi connectivity index (χ0n) is 10.6. The Hall–Kier alpha value is -2.17. The first-order valence-electron chi connectivity index (χ1n) is 5.98. The molecule has 5 nitrogen and oxygen atoms in total. The molecule has 94 valence electrons. The molecule has 0 aliphatic carbocycles. The van der Waals surface area contributed by atoms with E-state index < -0.39 is 0 Å². The molecule has 1 aromatic carbocycles. The molecule has 1 heterocycles. The van der Waals surface area contributed by atoms with E-state index in [1.54, 1.807) is 16.8 Å². The normalized spacial score (nSPS) is 11.8. The highest BCUT2D eigenvalue weighted by Crippen LogP contribution is 2.08. The standard InChI is InChI=1S/C13H16N4O/c1-3-9-16-11(2)17(15-14-16)10-13(18)12-7-5-4-6-8-12/h4-8,10H,3,9H2,1-2H3/b13-10-. The van der Waals surface area contributed by atoms with Gasteiger partial charge in [0.2, 0.25) is 0 Å². The summed E-state index contributed by atoms with van der Waals surface area (Å²) in [5.74, 6) is 0.772. The highest BCUT2D eigenvalue weighted by molar-refractivity contribution is 5.67. The molecule has 2 rings (SSSR count). The largest absolute Gasteiger partial charge is 0.870 e. The molecular weight excluding hydrogens is 228 g/mol. The molecule has 0 saturated heterocycles. The van der Waals surface area contributed by atoms with Crippen molar-refractivity contribution in [1.82, 2.24) is 15.1 Å². The van der Waals surface area contributed by atoms with Crippen molar-refractivity contribution in [3.05, 3.63) is 41.7 Å². The lowest BCUT2D eigenvalue weighted by atomic mass is 10.2. The summed E-state index contributed by atoms with van der Waals surface area (Å²) in [5.41, 5.74) is 0.648. The summed E-state index contributed by atoms with van der Waals surface area (Å²) in [6, 6.07) is 9.13. The molecular formula is C13H16N4O. The Morgan fingerprint density at radius 2 is 2.11 bits per heavy atom. The molecule has 0 atom stereocenters. The van der Waals surface area contributed by atoms with E-state index in [4.69, 9.17) is 0 Å². The smallest absolute Gasteiger partial charge is 0.259 e. The van der Waals surface area contributed by atoms with Crippen molar-refractivity contribution in [1.29, 1.82) is 0 Å². The summed E-state index contributed by atoms with van der Waals surface area (Å²) in [6.45, 7) is 4.77. The Kier molecular flexibility index (Phi) is 3.72. The van der Waals surface area contributed by atoms with Crippen LogP contribution in [0.15, 0.2) is 30.3 Å². The van der Waals surface area contributed by atoms with Crippen LogP contribution in [-0.2, 0) is 6.54 Å². The molecule has 0 spiro atoms. The van der Waals surface area contributed by atoms with E-state index >= 15 is 0 Å². The minimum Gasteiger partial charge on any atom is -0.870 e. The number of aryl methyl sites for hydroxylation is 1. The maximum Gasteiger partial charge on any atom is 0.259 e. The molecule has 0 fully saturated rings. The summed E-state index contributed by atoms with van der Waals surface area (Å²) < 4.78 is 3.31. The van der Waals surface area contributed by atoms with Gasteiger partial charge in [-0.25, -0.2) is 0 Å². The lowest BCUT2D eigenvalue weighted by Crippen LogP contribution is -2.38. The van der Waals surface area contributed by atoms with Crippen molar-refractivity contribution in [2.75, 3.05) is 0 Å². The third-order valence-electron chi connectivity index (χ3n) is 2.68. The van der Waals surface area contributed by atoms with E-state index in [1.165, 1.54) is 10.9 Å². The van der Waals surface area contributed by atoms with Crippen LogP contribution in [0.3, 0.4) is 0 Å². The first-order valence-corrected chi connectivity index (χ1v) is 5.98. The highest BCUT2D eigenvalue weighted by Gasteiger charge is 2.12. The first kappa shape index (κ1) is 12.3. The average Bonchev–Trinajstić information content (AvgIpc) is 2.73. The zero-order chi connectivity index (χ0) is 13.0. The molecule has 5 heteroatoms. The molecule has 0 aliphatic rings. The summed E-state index contributed by atoms with van der Waals surface area (Å²) >= 11 is 0. The Balaban J connectivity index is 2.28. The number of aromatic nitrogens is 4. The fraction of sp³-hybridized carbons (Fsp3) is 0.308. The van der Waals surface area contributed by atoms with Crippen LogP contribution in [0.25, 0.3) is 12.0 Å². The van der Waals surface area contributed by atoms with Crippen molar-refractivity contribution in [3.63, 3.8) is 0 Å². The van der Waals surface area contributed by atoms with Gasteiger partial charge in [0, 0.05) is 6.92 Å². The summed E-state index contributed by atoms with van der Waals surface area (Å²) in [5, 5.41) is 19.9. The summed E-state index contributed by atoms with van der Waals surface area (Å²) in [6.07, 6.45) is 2.45. The fourth-order valence-electron chi connectivity index (χ4n) is 1.66. The number of nitrogens with zero attached hydrogens (tertiary/aromatic N) is 4. The fourth-order valence-corrected chi connectivity index (χ4v) is 1.66. The molecule has 0 bridgehead atoms. The van der Waals surface area contributed by atoms with Crippen LogP contribution in [-0.4, -0.2) is 15.1 Å². The SMILES string of the molecule is CCC[n+]1nnn(/C=C(\[O-])c2ccccc2)c1C. The van der Waals surface area contributed by atoms with E-state index in [-0.39, 0.29) is 5.76 Å². The van der Waals surface area contributed by atoms with E-state index in [9.17, 15) is 5.11 Å². The highest BCUT2D eigenvalue weighted by atomic mass is 16.3. The number of rotatable bonds is 4. The second-order valence-electron chi connectivity index (χ2n) is 4.05. The van der Waals surface area contributed by atoms with Gasteiger partial charge >= 0.3 is 0 Å². The minimum absolute atomic E-state index is 0.0766. The van der Waals surface area contributed by atoms with Crippen LogP contribution >= 0.6 is 0 Å². The predicted octanol–water partition coefficient (Wildman–Crippen LogP) is 0.600. The molecule has 0 N–H and O–H groups in total. The van der Waals surface area contributed by atoms with Crippen molar-refractivity contribution in [3.8, 4) is 0 Å². The lowest BCUT2D eigenvalue weighted by molar-refractivity contribution is -0.759. The van der Waals surface area contributed by atoms with E-state index in [0.717, 1.165) is 18.8 Å². The number of hydrogen-bond acceptors (Lipinski definition) is 3. The zero-order valence-corrected chi connectivity index (χ0v) is 10.6. The lowest BCUT2D eigenvalue weighted by Gasteiger charge is -2.09. The van der Waals surface area contributed by atoms with Crippen molar-refractivity contribution >= 4 is 12.0 Å². The second kappa shape index (κ2) is 5.44. The third-order valence-corrected chi connectivity index (χ3v) is 2.68. The monoisotopic (exact) mass is 244 g/mol. The predicted molar refractivity (Wildman–Crippen MR) is 65.9 cm³/mol. The topological polar surface area (TPSA) is 57.7 Å². The quantitative estimate of drug-likeness (QED) is 0.584. The van der Waals surface area contributed by atoms with Gasteiger partial charge in [-0.15, -0.1) is 4.68 Å². The molecule has 0 saturated carbocycles. The van der Waals surface area contributed by atoms with Crippen molar-refractivity contribution < 1.29 is 9.79 Å². The molecule has 0 aliphatic heterocycles. The van der Waals surface area contributed by atoms with Crippen LogP contribution in [0, 0.1) is 6.92 Å². The van der Waals surface area contributed by atoms with Gasteiger partial charge in [0.25, 0.3) is 5.82 Å². The molecule has 0 unspecified atom stereocenters. The third kappa shape index (κ3) is 2.56. The van der Waals surface area contributed by atoms with Crippen LogP contribution in [0.5, 0.6) is 0 Å². The van der Waals surface area contributed by atoms with Crippen LogP contribution in [0.2, 0.25) is 0 Å². The van der Waals surface area contributed by atoms with Gasteiger partial charge in [0.05, 0.1) is 6.54 Å². The maximum atomic E-state index is 12.0. The molecule has 18 heavy (non-hydrogen) atoms. The van der Waals surface area contributed by atoms with Crippen LogP contribution < -0.4 is 9.79 Å². The molecule has 0 amide bonds. The van der Waals surface area contributed by atoms with Gasteiger partial charge in [-0.05, 0) is 12.0 Å². The average molecular weight is 244 g/mol. The van der Waals surface area contributed by atoms with E-state index in [2.05, 4.69) is 17.4 Å². The van der Waals surface area contributed by atoms with Crippen molar-refractivity contribution in [2.24, 2.45) is 0 Å². The van der Waals surface area contributed by atoms with Crippen LogP contribution in [0.4, 0.5) is 0 Å². The number of tetrazole rings is 1. The van der Waals surface area contributed by atoms with Gasteiger partial charge in [-0.1, -0.05) is 47.7 Å². The van der Waals surface area contributed by atoms with Gasteiger partial charge in [-0.3, -0.25) is 0 Å². The summed E-state index contributed by atoms with van der Waals surface area (Å²) in [7, 11) is 0. The summed E-state index contributed by atoms with van der Waals surface area (Å²) in [4.78, 5) is 0. The van der Waals surface area contributed by atoms with E-state index in [0.29, 0.717) is 5.56 Å². The molecule has 2 aromatic rings. The van der Waals surface area contributed by atoms with Gasteiger partial charge in [0.15, 0.2) is 5.21 Å². The minimum atomic E-state index is -0.0766. The Labute approximate surface area is 106 Å². The second-order valence-corrected chi connectivity index (χ2v) is 4.05. The molecule has 0 radical (unpaired) electrons.